The van der Waals surface area contributed by atoms with Gasteiger partial charge in [-0.25, -0.2) is 9.79 Å². The highest BCUT2D eigenvalue weighted by Gasteiger charge is 2.32. The molecule has 0 atom stereocenters. The van der Waals surface area contributed by atoms with Gasteiger partial charge in [-0.2, -0.15) is 13.2 Å². The maximum absolute atomic E-state index is 12.0. The lowest BCUT2D eigenvalue weighted by Crippen LogP contribution is -2.00. The van der Waals surface area contributed by atoms with Gasteiger partial charge in [0.25, 0.3) is 0 Å². The predicted octanol–water partition coefficient (Wildman–Crippen LogP) is 2.60. The van der Waals surface area contributed by atoms with E-state index in [-0.39, 0.29) is 6.54 Å². The Labute approximate surface area is 75.7 Å². The smallest absolute Gasteiger partial charge is 0.211 e. The minimum absolute atomic E-state index is 0.0375. The highest BCUT2D eigenvalue weighted by molar-refractivity contribution is 7.12. The molecule has 0 unspecified atom stereocenters. The minimum atomic E-state index is -4.31. The van der Waals surface area contributed by atoms with Crippen LogP contribution in [0.1, 0.15) is 9.75 Å². The van der Waals surface area contributed by atoms with Gasteiger partial charge in [-0.15, -0.1) is 11.3 Å². The molecule has 2 nitrogen and oxygen atoms in total. The molecule has 0 saturated carbocycles. The van der Waals surface area contributed by atoms with Crippen molar-refractivity contribution in [3.05, 3.63) is 21.9 Å². The van der Waals surface area contributed by atoms with E-state index in [1.807, 2.05) is 0 Å². The van der Waals surface area contributed by atoms with Crippen LogP contribution >= 0.6 is 11.3 Å². The maximum atomic E-state index is 12.0. The molecule has 0 fully saturated rings. The van der Waals surface area contributed by atoms with Gasteiger partial charge in [-0.3, -0.25) is 0 Å². The van der Waals surface area contributed by atoms with Gasteiger partial charge in [-0.05, 0) is 12.1 Å². The fraction of sp³-hybridized carbons (Fsp3) is 0.286. The van der Waals surface area contributed by atoms with E-state index in [1.54, 1.807) is 0 Å². The molecule has 0 aromatic carbocycles. The quantitative estimate of drug-likeness (QED) is 0.541. The number of isocyanates is 1. The van der Waals surface area contributed by atoms with E-state index in [9.17, 15) is 18.0 Å². The predicted molar refractivity (Wildman–Crippen MR) is 41.1 cm³/mol. The van der Waals surface area contributed by atoms with Gasteiger partial charge in [0.1, 0.15) is 4.88 Å². The van der Waals surface area contributed by atoms with E-state index in [4.69, 9.17) is 0 Å². The molecule has 0 saturated heterocycles. The Morgan fingerprint density at radius 2 is 2.15 bits per heavy atom. The number of carbonyl (C=O) groups excluding carboxylic acids is 1. The summed E-state index contributed by atoms with van der Waals surface area (Å²) in [7, 11) is 0. The van der Waals surface area contributed by atoms with Gasteiger partial charge in [0, 0.05) is 4.88 Å². The molecule has 1 rings (SSSR count). The van der Waals surface area contributed by atoms with Crippen LogP contribution in [0.25, 0.3) is 0 Å². The average Bonchev–Trinajstić information content (AvgIpc) is 2.47. The number of hydrogen-bond donors (Lipinski definition) is 0. The number of nitrogens with zero attached hydrogens (tertiary/aromatic N) is 1. The summed E-state index contributed by atoms with van der Waals surface area (Å²) in [5.41, 5.74) is 0. The molecule has 0 amide bonds. The number of hydrogen-bond acceptors (Lipinski definition) is 3. The number of alkyl halides is 3. The van der Waals surface area contributed by atoms with Crippen LogP contribution < -0.4 is 0 Å². The molecule has 70 valence electrons. The summed E-state index contributed by atoms with van der Waals surface area (Å²) in [4.78, 5) is 12.6. The monoisotopic (exact) mass is 207 g/mol. The van der Waals surface area contributed by atoms with E-state index in [0.29, 0.717) is 16.2 Å². The zero-order valence-electron chi connectivity index (χ0n) is 6.26. The van der Waals surface area contributed by atoms with Crippen molar-refractivity contribution in [1.82, 2.24) is 0 Å². The first-order valence-electron chi connectivity index (χ1n) is 3.23. The summed E-state index contributed by atoms with van der Waals surface area (Å²) < 4.78 is 36.1. The molecule has 0 aliphatic rings. The SMILES string of the molecule is O=C=NCc1ccc(C(F)(F)F)s1. The Hall–Kier alpha value is -1.13. The normalized spacial score (nSPS) is 11.0. The van der Waals surface area contributed by atoms with Gasteiger partial charge in [-0.1, -0.05) is 0 Å². The zero-order valence-corrected chi connectivity index (χ0v) is 7.08. The first-order chi connectivity index (χ1) is 6.04. The Morgan fingerprint density at radius 1 is 1.46 bits per heavy atom. The van der Waals surface area contributed by atoms with Gasteiger partial charge >= 0.3 is 6.18 Å². The van der Waals surface area contributed by atoms with Crippen molar-refractivity contribution in [2.75, 3.05) is 0 Å². The van der Waals surface area contributed by atoms with Gasteiger partial charge in [0.2, 0.25) is 6.08 Å². The van der Waals surface area contributed by atoms with Crippen LogP contribution in [0.5, 0.6) is 0 Å². The van der Waals surface area contributed by atoms with Crippen molar-refractivity contribution in [2.24, 2.45) is 4.99 Å². The molecule has 0 aliphatic heterocycles. The molecule has 0 bridgehead atoms. The van der Waals surface area contributed by atoms with E-state index in [2.05, 4.69) is 4.99 Å². The number of aliphatic imine (C=N–C) groups is 1. The summed E-state index contributed by atoms with van der Waals surface area (Å²) in [6.45, 7) is -0.0375. The van der Waals surface area contributed by atoms with Gasteiger partial charge in [0.15, 0.2) is 0 Å². The van der Waals surface area contributed by atoms with Crippen LogP contribution in [0.2, 0.25) is 0 Å². The molecule has 13 heavy (non-hydrogen) atoms. The van der Waals surface area contributed by atoms with E-state index < -0.39 is 11.1 Å². The van der Waals surface area contributed by atoms with Crippen molar-refractivity contribution >= 4 is 17.4 Å². The molecule has 1 heterocycles. The molecule has 1 aromatic rings. The van der Waals surface area contributed by atoms with Crippen molar-refractivity contribution in [3.63, 3.8) is 0 Å². The first-order valence-corrected chi connectivity index (χ1v) is 4.05. The lowest BCUT2D eigenvalue weighted by Gasteiger charge is -2.00. The molecule has 0 aliphatic carbocycles. The third-order valence-electron chi connectivity index (χ3n) is 1.24. The van der Waals surface area contributed by atoms with Crippen LogP contribution in [0.3, 0.4) is 0 Å². The standard InChI is InChI=1S/C7H4F3NOS/c8-7(9,10)6-2-1-5(13-6)3-11-4-12/h1-2H,3H2. The number of halogens is 3. The Balaban J connectivity index is 2.80. The fourth-order valence-corrected chi connectivity index (χ4v) is 1.52. The van der Waals surface area contributed by atoms with Crippen LogP contribution in [-0.2, 0) is 17.5 Å². The maximum Gasteiger partial charge on any atom is 0.425 e. The molecule has 0 N–H and O–H groups in total. The Bertz CT molecular complexity index is 338. The summed E-state index contributed by atoms with van der Waals surface area (Å²) in [5.74, 6) is 0. The van der Waals surface area contributed by atoms with Crippen molar-refractivity contribution < 1.29 is 18.0 Å². The largest absolute Gasteiger partial charge is 0.425 e. The van der Waals surface area contributed by atoms with Crippen LogP contribution in [0, 0.1) is 0 Å². The molecule has 0 radical (unpaired) electrons. The first kappa shape index (κ1) is 9.95. The lowest BCUT2D eigenvalue weighted by atomic mass is 10.4. The highest BCUT2D eigenvalue weighted by atomic mass is 32.1. The van der Waals surface area contributed by atoms with Crippen molar-refractivity contribution in [3.8, 4) is 0 Å². The molecule has 0 spiro atoms. The zero-order chi connectivity index (χ0) is 9.90. The van der Waals surface area contributed by atoms with Crippen LogP contribution in [-0.4, -0.2) is 6.08 Å². The average molecular weight is 207 g/mol. The second kappa shape index (κ2) is 3.72. The molecular formula is C7H4F3NOS. The van der Waals surface area contributed by atoms with Crippen LogP contribution in [0.4, 0.5) is 13.2 Å². The van der Waals surface area contributed by atoms with Gasteiger partial charge in [0.05, 0.1) is 6.54 Å². The fourth-order valence-electron chi connectivity index (χ4n) is 0.725. The molecule has 6 heteroatoms. The number of rotatable bonds is 2. The van der Waals surface area contributed by atoms with E-state index >= 15 is 0 Å². The van der Waals surface area contributed by atoms with E-state index in [1.165, 1.54) is 12.1 Å². The molecular weight excluding hydrogens is 203 g/mol. The highest BCUT2D eigenvalue weighted by Crippen LogP contribution is 2.34. The summed E-state index contributed by atoms with van der Waals surface area (Å²) in [5, 5.41) is 0. The molecule has 1 aromatic heterocycles. The van der Waals surface area contributed by atoms with Crippen molar-refractivity contribution in [2.45, 2.75) is 12.7 Å². The van der Waals surface area contributed by atoms with E-state index in [0.717, 1.165) is 6.07 Å². The Kier molecular flexibility index (Phi) is 2.85. The second-order valence-electron chi connectivity index (χ2n) is 2.17. The van der Waals surface area contributed by atoms with Gasteiger partial charge < -0.3 is 0 Å². The summed E-state index contributed by atoms with van der Waals surface area (Å²) in [6.07, 6.45) is -3.05. The Morgan fingerprint density at radius 3 is 2.62 bits per heavy atom. The third kappa shape index (κ3) is 2.68. The topological polar surface area (TPSA) is 29.4 Å². The minimum Gasteiger partial charge on any atom is -0.211 e. The summed E-state index contributed by atoms with van der Waals surface area (Å²) in [6, 6.07) is 2.27. The second-order valence-corrected chi connectivity index (χ2v) is 3.34. The lowest BCUT2D eigenvalue weighted by molar-refractivity contribution is -0.134. The summed E-state index contributed by atoms with van der Waals surface area (Å²) >= 11 is 0.582. The third-order valence-corrected chi connectivity index (χ3v) is 2.36. The van der Waals surface area contributed by atoms with Crippen LogP contribution in [0.15, 0.2) is 17.1 Å². The van der Waals surface area contributed by atoms with Crippen molar-refractivity contribution in [1.29, 1.82) is 0 Å². The number of thiophene rings is 1.